The Balaban J connectivity index is 1.66. The van der Waals surface area contributed by atoms with Crippen LogP contribution in [0.5, 0.6) is 0 Å². The monoisotopic (exact) mass is 289 g/mol. The zero-order valence-corrected chi connectivity index (χ0v) is 12.6. The van der Waals surface area contributed by atoms with E-state index < -0.39 is 0 Å². The van der Waals surface area contributed by atoms with E-state index in [2.05, 4.69) is 22.0 Å². The van der Waals surface area contributed by atoms with Gasteiger partial charge in [-0.1, -0.05) is 6.92 Å². The fourth-order valence-electron chi connectivity index (χ4n) is 4.88. The highest BCUT2D eigenvalue weighted by atomic mass is 16.3. The van der Waals surface area contributed by atoms with E-state index in [1.807, 2.05) is 0 Å². The first kappa shape index (κ1) is 13.3. The molecule has 21 heavy (non-hydrogen) atoms. The summed E-state index contributed by atoms with van der Waals surface area (Å²) in [5.74, 6) is 0.0886. The van der Waals surface area contributed by atoms with Crippen molar-refractivity contribution >= 4 is 5.91 Å². The highest BCUT2D eigenvalue weighted by Crippen LogP contribution is 2.52. The van der Waals surface area contributed by atoms with E-state index in [-0.39, 0.29) is 24.0 Å². The van der Waals surface area contributed by atoms with Crippen LogP contribution in [0.3, 0.4) is 0 Å². The topological polar surface area (TPSA) is 69.2 Å². The summed E-state index contributed by atoms with van der Waals surface area (Å²) < 4.78 is 0. The van der Waals surface area contributed by atoms with Crippen molar-refractivity contribution in [2.24, 2.45) is 5.41 Å². The van der Waals surface area contributed by atoms with E-state index in [1.165, 1.54) is 0 Å². The summed E-state index contributed by atoms with van der Waals surface area (Å²) in [6.45, 7) is 2.32. The second-order valence-corrected chi connectivity index (χ2v) is 6.92. The molecule has 1 aromatic rings. The number of fused-ring (bicyclic) bond motifs is 3. The van der Waals surface area contributed by atoms with Gasteiger partial charge >= 0.3 is 0 Å². The molecule has 0 radical (unpaired) electrons. The van der Waals surface area contributed by atoms with Gasteiger partial charge in [-0.25, -0.2) is 0 Å². The van der Waals surface area contributed by atoms with E-state index in [4.69, 9.17) is 0 Å². The molecule has 5 nitrogen and oxygen atoms in total. The Kier molecular flexibility index (Phi) is 2.89. The average Bonchev–Trinajstić information content (AvgIpc) is 3.24. The number of aromatic amines is 1. The molecule has 2 N–H and O–H groups in total. The molecule has 2 saturated heterocycles. The predicted octanol–water partition coefficient (Wildman–Crippen LogP) is 1.66. The van der Waals surface area contributed by atoms with Crippen LogP contribution in [-0.4, -0.2) is 44.8 Å². The number of rotatable bonds is 3. The van der Waals surface area contributed by atoms with Crippen LogP contribution in [0.25, 0.3) is 0 Å². The molecule has 5 heteroatoms. The van der Waals surface area contributed by atoms with Crippen molar-refractivity contribution in [1.29, 1.82) is 0 Å². The van der Waals surface area contributed by atoms with Crippen LogP contribution >= 0.6 is 0 Å². The first-order valence-electron chi connectivity index (χ1n) is 8.20. The molecular weight excluding hydrogens is 266 g/mol. The Morgan fingerprint density at radius 2 is 2.33 bits per heavy atom. The molecule has 0 saturated carbocycles. The lowest BCUT2D eigenvalue weighted by Crippen LogP contribution is -2.42. The van der Waals surface area contributed by atoms with Crippen LogP contribution in [-0.2, 0) is 12.8 Å². The van der Waals surface area contributed by atoms with E-state index in [0.29, 0.717) is 11.7 Å². The van der Waals surface area contributed by atoms with Crippen LogP contribution in [0.4, 0.5) is 0 Å². The van der Waals surface area contributed by atoms with Gasteiger partial charge in [0, 0.05) is 28.8 Å². The number of aliphatic hydroxyl groups excluding tert-OH is 1. The van der Waals surface area contributed by atoms with E-state index in [0.717, 1.165) is 56.2 Å². The molecule has 2 fully saturated rings. The molecule has 2 aliphatic heterocycles. The van der Waals surface area contributed by atoms with Gasteiger partial charge in [0.25, 0.3) is 5.91 Å². The Morgan fingerprint density at radius 3 is 3.05 bits per heavy atom. The molecule has 1 aromatic heterocycles. The lowest BCUT2D eigenvalue weighted by molar-refractivity contribution is 0.0552. The number of amides is 1. The van der Waals surface area contributed by atoms with E-state index in [1.54, 1.807) is 0 Å². The van der Waals surface area contributed by atoms with Crippen molar-refractivity contribution in [3.05, 3.63) is 17.0 Å². The molecule has 4 rings (SSSR count). The fourth-order valence-corrected chi connectivity index (χ4v) is 4.88. The van der Waals surface area contributed by atoms with Crippen LogP contribution in [0.2, 0.25) is 0 Å². The number of aryl methyl sites for hydroxylation is 1. The largest absolute Gasteiger partial charge is 0.396 e. The van der Waals surface area contributed by atoms with Crippen molar-refractivity contribution in [2.45, 2.75) is 64.0 Å². The quantitative estimate of drug-likeness (QED) is 0.889. The molecule has 3 atom stereocenters. The third-order valence-electron chi connectivity index (χ3n) is 6.11. The van der Waals surface area contributed by atoms with Crippen LogP contribution in [0.15, 0.2) is 0 Å². The molecular formula is C16H23N3O2. The number of H-pyrrole nitrogens is 1. The minimum Gasteiger partial charge on any atom is -0.396 e. The standard InChI is InChI=1S/C16H23N3O2/c1-2-16(9-20)8-10-6-7-13(16)19(10)15(21)14-11-4-3-5-12(11)17-18-14/h10,13,20H,2-9H2,1H3,(H,17,18)/t10-,13+,16-/m1/s1. The Bertz CT molecular complexity index is 576. The Morgan fingerprint density at radius 1 is 1.48 bits per heavy atom. The maximum absolute atomic E-state index is 13.0. The lowest BCUT2D eigenvalue weighted by atomic mass is 9.72. The third-order valence-corrected chi connectivity index (χ3v) is 6.11. The summed E-state index contributed by atoms with van der Waals surface area (Å²) in [6.07, 6.45) is 7.08. The summed E-state index contributed by atoms with van der Waals surface area (Å²) >= 11 is 0. The van der Waals surface area contributed by atoms with Gasteiger partial charge in [0.05, 0.1) is 6.61 Å². The zero-order chi connectivity index (χ0) is 14.6. The number of nitrogens with zero attached hydrogens (tertiary/aromatic N) is 2. The van der Waals surface area contributed by atoms with Gasteiger partial charge in [0.1, 0.15) is 0 Å². The Labute approximate surface area is 124 Å². The Hall–Kier alpha value is -1.36. The van der Waals surface area contributed by atoms with Crippen molar-refractivity contribution in [2.75, 3.05) is 6.61 Å². The summed E-state index contributed by atoms with van der Waals surface area (Å²) in [4.78, 5) is 15.1. The summed E-state index contributed by atoms with van der Waals surface area (Å²) in [6, 6.07) is 0.488. The number of hydrogen-bond acceptors (Lipinski definition) is 3. The van der Waals surface area contributed by atoms with Gasteiger partial charge in [-0.2, -0.15) is 5.10 Å². The maximum atomic E-state index is 13.0. The zero-order valence-electron chi connectivity index (χ0n) is 12.6. The molecule has 3 heterocycles. The SMILES string of the molecule is CC[C@]1(CO)C[C@H]2CC[C@@H]1N2C(=O)c1n[nH]c2c1CCC2. The normalized spacial score (nSPS) is 33.7. The second kappa shape index (κ2) is 4.57. The number of nitrogens with one attached hydrogen (secondary N) is 1. The number of aliphatic hydroxyl groups is 1. The molecule has 0 unspecified atom stereocenters. The van der Waals surface area contributed by atoms with Gasteiger partial charge in [-0.15, -0.1) is 0 Å². The van der Waals surface area contributed by atoms with Crippen molar-refractivity contribution in [1.82, 2.24) is 15.1 Å². The molecule has 0 aromatic carbocycles. The minimum absolute atomic E-state index is 0.0853. The molecule has 2 bridgehead atoms. The average molecular weight is 289 g/mol. The van der Waals surface area contributed by atoms with Gasteiger partial charge in [0.2, 0.25) is 0 Å². The minimum atomic E-state index is -0.0853. The molecule has 3 aliphatic rings. The second-order valence-electron chi connectivity index (χ2n) is 6.92. The summed E-state index contributed by atoms with van der Waals surface area (Å²) in [5.41, 5.74) is 2.84. The predicted molar refractivity (Wildman–Crippen MR) is 78.0 cm³/mol. The van der Waals surface area contributed by atoms with Gasteiger partial charge in [-0.3, -0.25) is 9.89 Å². The maximum Gasteiger partial charge on any atom is 0.275 e. The highest BCUT2D eigenvalue weighted by molar-refractivity contribution is 5.95. The van der Waals surface area contributed by atoms with Crippen molar-refractivity contribution in [3.8, 4) is 0 Å². The molecule has 1 amide bonds. The van der Waals surface area contributed by atoms with Crippen LogP contribution < -0.4 is 0 Å². The fraction of sp³-hybridized carbons (Fsp3) is 0.750. The van der Waals surface area contributed by atoms with Gasteiger partial charge < -0.3 is 10.0 Å². The van der Waals surface area contributed by atoms with Crippen LogP contribution in [0.1, 0.15) is 60.8 Å². The first-order valence-corrected chi connectivity index (χ1v) is 8.20. The van der Waals surface area contributed by atoms with Crippen LogP contribution in [0, 0.1) is 5.41 Å². The van der Waals surface area contributed by atoms with Crippen molar-refractivity contribution < 1.29 is 9.90 Å². The highest BCUT2D eigenvalue weighted by Gasteiger charge is 2.56. The van der Waals surface area contributed by atoms with E-state index >= 15 is 0 Å². The van der Waals surface area contributed by atoms with Gasteiger partial charge in [-0.05, 0) is 44.9 Å². The van der Waals surface area contributed by atoms with Gasteiger partial charge in [0.15, 0.2) is 5.69 Å². The summed E-state index contributed by atoms with van der Waals surface area (Å²) in [7, 11) is 0. The smallest absolute Gasteiger partial charge is 0.275 e. The molecule has 1 aliphatic carbocycles. The summed E-state index contributed by atoms with van der Waals surface area (Å²) in [5, 5.41) is 17.2. The first-order chi connectivity index (χ1) is 10.2. The van der Waals surface area contributed by atoms with E-state index in [9.17, 15) is 9.90 Å². The number of carbonyl (C=O) groups excluding carboxylic acids is 1. The number of aromatic nitrogens is 2. The number of carbonyl (C=O) groups is 1. The molecule has 0 spiro atoms. The third kappa shape index (κ3) is 1.67. The lowest BCUT2D eigenvalue weighted by Gasteiger charge is -2.34. The van der Waals surface area contributed by atoms with Crippen molar-refractivity contribution in [3.63, 3.8) is 0 Å². The molecule has 114 valence electrons. The number of hydrogen-bond donors (Lipinski definition) is 2.